The molecule has 2 aromatic rings. The van der Waals surface area contributed by atoms with Crippen LogP contribution in [0, 0.1) is 11.6 Å². The predicted molar refractivity (Wildman–Crippen MR) is 137 cm³/mol. The Kier molecular flexibility index (Phi) is 8.35. The number of ether oxygens (including phenoxy) is 1. The molecule has 202 valence electrons. The van der Waals surface area contributed by atoms with Crippen LogP contribution < -0.4 is 5.32 Å². The number of benzene rings is 2. The van der Waals surface area contributed by atoms with Crippen molar-refractivity contribution in [1.82, 2.24) is 14.5 Å². The van der Waals surface area contributed by atoms with E-state index in [0.29, 0.717) is 63.3 Å². The van der Waals surface area contributed by atoms with Gasteiger partial charge in [0.1, 0.15) is 17.2 Å². The van der Waals surface area contributed by atoms with E-state index in [0.717, 1.165) is 6.07 Å². The van der Waals surface area contributed by atoms with Gasteiger partial charge in [0, 0.05) is 37.3 Å². The van der Waals surface area contributed by atoms with Crippen LogP contribution in [0.1, 0.15) is 43.7 Å². The minimum atomic E-state index is -4.14. The van der Waals surface area contributed by atoms with Crippen LogP contribution in [0.25, 0.3) is 0 Å². The Hall–Kier alpha value is -1.98. The van der Waals surface area contributed by atoms with Crippen molar-refractivity contribution < 1.29 is 26.7 Å². The van der Waals surface area contributed by atoms with Gasteiger partial charge in [-0.1, -0.05) is 11.6 Å². The molecule has 1 N–H and O–H groups in total. The molecular weight excluding hydrogens is 547 g/mol. The summed E-state index contributed by atoms with van der Waals surface area (Å²) in [4.78, 5) is 14.6. The van der Waals surface area contributed by atoms with E-state index in [4.69, 9.17) is 16.3 Å². The molecule has 2 unspecified atom stereocenters. The Labute approximate surface area is 226 Å². The summed E-state index contributed by atoms with van der Waals surface area (Å²) >= 11 is 5.99. The number of hydrogen-bond donors (Lipinski definition) is 1. The lowest BCUT2D eigenvalue weighted by molar-refractivity contribution is -0.00974. The third kappa shape index (κ3) is 5.73. The molecule has 3 fully saturated rings. The molecule has 1 saturated carbocycles. The highest BCUT2D eigenvalue weighted by atomic mass is 35.5. The smallest absolute Gasteiger partial charge is 0.410 e. The summed E-state index contributed by atoms with van der Waals surface area (Å²) in [6.07, 6.45) is 2.05. The maximum Gasteiger partial charge on any atom is 0.410 e. The van der Waals surface area contributed by atoms with E-state index in [2.05, 4.69) is 5.32 Å². The van der Waals surface area contributed by atoms with Crippen LogP contribution in [0.3, 0.4) is 0 Å². The fourth-order valence-electron chi connectivity index (χ4n) is 5.33. The van der Waals surface area contributed by atoms with Gasteiger partial charge in [0.05, 0.1) is 17.0 Å². The molecule has 1 aliphatic carbocycles. The maximum atomic E-state index is 14.2. The number of rotatable bonds is 5. The molecule has 3 aliphatic rings. The molecule has 5 rings (SSSR count). The largest absolute Gasteiger partial charge is 0.441 e. The average Bonchev–Trinajstić information content (AvgIpc) is 3.64. The highest BCUT2D eigenvalue weighted by Crippen LogP contribution is 2.52. The number of sulfonamides is 1. The van der Waals surface area contributed by atoms with Crippen LogP contribution >= 0.6 is 24.0 Å². The first-order chi connectivity index (χ1) is 17.2. The summed E-state index contributed by atoms with van der Waals surface area (Å²) in [5.41, 5.74) is -0.745. The van der Waals surface area contributed by atoms with E-state index < -0.39 is 45.4 Å². The zero-order valence-electron chi connectivity index (χ0n) is 20.0. The summed E-state index contributed by atoms with van der Waals surface area (Å²) in [7, 11) is -4.14. The number of nitrogens with zero attached hydrogens (tertiary/aromatic N) is 2. The summed E-state index contributed by atoms with van der Waals surface area (Å²) in [5.74, 6) is -1.55. The highest BCUT2D eigenvalue weighted by Gasteiger charge is 2.60. The molecule has 0 spiro atoms. The highest BCUT2D eigenvalue weighted by molar-refractivity contribution is 7.89. The summed E-state index contributed by atoms with van der Waals surface area (Å²) in [6.45, 7) is 2.35. The standard InChI is InChI=1S/C25H28ClF2N3O4S.ClH/c26-18-4-6-21(7-5-18)36(33,34)31-22(17-14-19(27)16-20(28)15-17)2-1-3-23(31)25(8-9-25)35-24(32)30-12-10-29-11-13-30;/h4-7,14-16,22-23,29H,1-3,8-13H2;1H. The lowest BCUT2D eigenvalue weighted by Gasteiger charge is -2.45. The van der Waals surface area contributed by atoms with Crippen molar-refractivity contribution >= 4 is 40.1 Å². The van der Waals surface area contributed by atoms with Crippen molar-refractivity contribution in [3.63, 3.8) is 0 Å². The van der Waals surface area contributed by atoms with Gasteiger partial charge < -0.3 is 15.0 Å². The molecule has 1 amide bonds. The van der Waals surface area contributed by atoms with Gasteiger partial charge in [-0.2, -0.15) is 4.31 Å². The van der Waals surface area contributed by atoms with E-state index >= 15 is 0 Å². The Bertz CT molecular complexity index is 1220. The SMILES string of the molecule is Cl.O=C(OC1(C2CCCC(c3cc(F)cc(F)c3)N2S(=O)(=O)c2ccc(Cl)cc2)CC1)N1CCNCC1. The maximum absolute atomic E-state index is 14.2. The topological polar surface area (TPSA) is 79.0 Å². The minimum Gasteiger partial charge on any atom is -0.441 e. The van der Waals surface area contributed by atoms with Crippen molar-refractivity contribution in [2.45, 2.75) is 54.7 Å². The molecule has 7 nitrogen and oxygen atoms in total. The molecule has 2 saturated heterocycles. The zero-order valence-corrected chi connectivity index (χ0v) is 22.4. The van der Waals surface area contributed by atoms with Crippen molar-refractivity contribution in [3.8, 4) is 0 Å². The molecule has 37 heavy (non-hydrogen) atoms. The summed E-state index contributed by atoms with van der Waals surface area (Å²) in [6, 6.07) is 7.43. The lowest BCUT2D eigenvalue weighted by atomic mass is 9.90. The Morgan fingerprint density at radius 3 is 2.24 bits per heavy atom. The molecule has 2 atom stereocenters. The normalized spacial score (nSPS) is 23.7. The summed E-state index contributed by atoms with van der Waals surface area (Å²) in [5, 5.41) is 3.57. The summed E-state index contributed by atoms with van der Waals surface area (Å²) < 4.78 is 63.9. The fourth-order valence-corrected chi connectivity index (χ4v) is 7.37. The third-order valence-corrected chi connectivity index (χ3v) is 9.43. The number of halogens is 4. The van der Waals surface area contributed by atoms with Crippen molar-refractivity contribution in [2.75, 3.05) is 26.2 Å². The quantitative estimate of drug-likeness (QED) is 0.548. The van der Waals surface area contributed by atoms with Gasteiger partial charge in [0.15, 0.2) is 0 Å². The lowest BCUT2D eigenvalue weighted by Crippen LogP contribution is -2.55. The van der Waals surface area contributed by atoms with E-state index in [1.165, 1.54) is 40.7 Å². The monoisotopic (exact) mass is 575 g/mol. The van der Waals surface area contributed by atoms with Gasteiger partial charge in [-0.3, -0.25) is 0 Å². The second-order valence-electron chi connectivity index (χ2n) is 9.62. The van der Waals surface area contributed by atoms with Crippen LogP contribution in [0.15, 0.2) is 47.4 Å². The average molecular weight is 576 g/mol. The van der Waals surface area contributed by atoms with Crippen molar-refractivity contribution in [1.29, 1.82) is 0 Å². The first-order valence-corrected chi connectivity index (χ1v) is 14.0. The van der Waals surface area contributed by atoms with Crippen LogP contribution in [0.4, 0.5) is 13.6 Å². The van der Waals surface area contributed by atoms with Gasteiger partial charge in [-0.15, -0.1) is 12.4 Å². The Balaban J connectivity index is 0.00000320. The molecule has 0 bridgehead atoms. The third-order valence-electron chi connectivity index (χ3n) is 7.24. The van der Waals surface area contributed by atoms with Crippen LogP contribution in [-0.2, 0) is 14.8 Å². The molecule has 0 aromatic heterocycles. The van der Waals surface area contributed by atoms with Gasteiger partial charge in [0.2, 0.25) is 10.0 Å². The number of amides is 1. The molecule has 2 aromatic carbocycles. The number of hydrogen-bond acceptors (Lipinski definition) is 5. The van der Waals surface area contributed by atoms with E-state index in [9.17, 15) is 22.0 Å². The second kappa shape index (κ2) is 11.0. The van der Waals surface area contributed by atoms with Gasteiger partial charge in [-0.05, 0) is 74.1 Å². The molecule has 2 heterocycles. The molecule has 2 aliphatic heterocycles. The number of piperazine rings is 1. The first-order valence-electron chi connectivity index (χ1n) is 12.1. The van der Waals surface area contributed by atoms with Crippen LogP contribution in [-0.4, -0.2) is 61.5 Å². The molecule has 0 radical (unpaired) electrons. The van der Waals surface area contributed by atoms with E-state index in [-0.39, 0.29) is 22.9 Å². The number of nitrogens with one attached hydrogen (secondary N) is 1. The van der Waals surface area contributed by atoms with E-state index in [1.807, 2.05) is 0 Å². The van der Waals surface area contributed by atoms with Crippen molar-refractivity contribution in [3.05, 3.63) is 64.7 Å². The second-order valence-corrected chi connectivity index (χ2v) is 11.9. The van der Waals surface area contributed by atoms with Crippen LogP contribution in [0.5, 0.6) is 0 Å². The van der Waals surface area contributed by atoms with Gasteiger partial charge in [-0.25, -0.2) is 22.0 Å². The number of carbonyl (C=O) groups excluding carboxylic acids is 1. The number of carbonyl (C=O) groups is 1. The van der Waals surface area contributed by atoms with E-state index in [1.54, 1.807) is 4.90 Å². The van der Waals surface area contributed by atoms with Crippen molar-refractivity contribution in [2.24, 2.45) is 0 Å². The molecule has 12 heteroatoms. The van der Waals surface area contributed by atoms with Crippen LogP contribution in [0.2, 0.25) is 5.02 Å². The molecular formula is C25H29Cl2F2N3O4S. The Morgan fingerprint density at radius 2 is 1.65 bits per heavy atom. The zero-order chi connectivity index (χ0) is 25.5. The van der Waals surface area contributed by atoms with Gasteiger partial charge in [0.25, 0.3) is 0 Å². The first kappa shape index (κ1) is 28.0. The Morgan fingerprint density at radius 1 is 1.03 bits per heavy atom. The fraction of sp³-hybridized carbons (Fsp3) is 0.480. The predicted octanol–water partition coefficient (Wildman–Crippen LogP) is 4.90. The number of piperidine rings is 1. The minimum absolute atomic E-state index is 0. The van der Waals surface area contributed by atoms with Gasteiger partial charge >= 0.3 is 6.09 Å².